The van der Waals surface area contributed by atoms with E-state index in [-0.39, 0.29) is 0 Å². The van der Waals surface area contributed by atoms with E-state index < -0.39 is 10.2 Å². The van der Waals surface area contributed by atoms with Crippen molar-refractivity contribution in [2.75, 3.05) is 39.8 Å². The van der Waals surface area contributed by atoms with E-state index in [0.717, 1.165) is 32.2 Å². The van der Waals surface area contributed by atoms with Crippen molar-refractivity contribution in [2.45, 2.75) is 46.5 Å². The smallest absolute Gasteiger partial charge is 0.281 e. The first-order chi connectivity index (χ1) is 9.99. The first-order valence-corrected chi connectivity index (χ1v) is 9.78. The molecule has 0 unspecified atom stereocenters. The topological polar surface area (TPSA) is 52.7 Å². The number of nitrogens with zero attached hydrogens (tertiary/aromatic N) is 2. The van der Waals surface area contributed by atoms with Gasteiger partial charge in [0, 0.05) is 26.2 Å². The van der Waals surface area contributed by atoms with Crippen molar-refractivity contribution in [3.63, 3.8) is 0 Å². The van der Waals surface area contributed by atoms with Crippen molar-refractivity contribution in [1.82, 2.24) is 13.9 Å². The van der Waals surface area contributed by atoms with Crippen molar-refractivity contribution < 1.29 is 8.42 Å². The van der Waals surface area contributed by atoms with Gasteiger partial charge in [0.1, 0.15) is 0 Å². The minimum atomic E-state index is -3.28. The lowest BCUT2D eigenvalue weighted by molar-refractivity contribution is 0.244. The highest BCUT2D eigenvalue weighted by Crippen LogP contribution is 2.22. The molecule has 0 atom stereocenters. The maximum Gasteiger partial charge on any atom is 0.281 e. The lowest BCUT2D eigenvalue weighted by Gasteiger charge is -2.35. The average Bonchev–Trinajstić information content (AvgIpc) is 2.49. The van der Waals surface area contributed by atoms with Crippen LogP contribution in [0.2, 0.25) is 0 Å². The minimum absolute atomic E-state index is 0.460. The SMILES string of the molecule is CCC(CC)CN(CC)S(=O)(=O)N1CCC(CNC)CC1. The molecule has 0 aromatic carbocycles. The standard InChI is InChI=1S/C15H33N3O2S/c1-5-14(6-2)13-17(7-3)21(19,20)18-10-8-15(9-11-18)12-16-4/h14-16H,5-13H2,1-4H3. The van der Waals surface area contributed by atoms with Crippen LogP contribution in [-0.4, -0.2) is 56.8 Å². The molecule has 0 bridgehead atoms. The quantitative estimate of drug-likeness (QED) is 0.706. The molecule has 1 rings (SSSR count). The lowest BCUT2D eigenvalue weighted by Crippen LogP contribution is -2.49. The van der Waals surface area contributed by atoms with E-state index >= 15 is 0 Å². The summed E-state index contributed by atoms with van der Waals surface area (Å²) >= 11 is 0. The summed E-state index contributed by atoms with van der Waals surface area (Å²) in [5.74, 6) is 1.07. The van der Waals surface area contributed by atoms with Gasteiger partial charge in [0.25, 0.3) is 10.2 Å². The van der Waals surface area contributed by atoms with E-state index in [1.165, 1.54) is 0 Å². The monoisotopic (exact) mass is 319 g/mol. The Kier molecular flexibility index (Phi) is 8.16. The van der Waals surface area contributed by atoms with Gasteiger partial charge in [0.15, 0.2) is 0 Å². The molecule has 0 saturated carbocycles. The third kappa shape index (κ3) is 5.20. The van der Waals surface area contributed by atoms with Crippen LogP contribution in [0.15, 0.2) is 0 Å². The predicted molar refractivity (Wildman–Crippen MR) is 88.5 cm³/mol. The lowest BCUT2D eigenvalue weighted by atomic mass is 9.98. The van der Waals surface area contributed by atoms with Gasteiger partial charge in [-0.15, -0.1) is 0 Å². The van der Waals surface area contributed by atoms with Crippen LogP contribution < -0.4 is 5.32 Å². The molecular formula is C15H33N3O2S. The molecule has 6 heteroatoms. The fourth-order valence-corrected chi connectivity index (χ4v) is 4.74. The van der Waals surface area contributed by atoms with Gasteiger partial charge in [-0.05, 0) is 38.3 Å². The number of rotatable bonds is 9. The van der Waals surface area contributed by atoms with Gasteiger partial charge in [-0.25, -0.2) is 0 Å². The molecule has 126 valence electrons. The summed E-state index contributed by atoms with van der Waals surface area (Å²) in [5, 5.41) is 3.19. The first-order valence-electron chi connectivity index (χ1n) is 8.39. The Hall–Kier alpha value is -0.170. The van der Waals surface area contributed by atoms with Gasteiger partial charge in [0.2, 0.25) is 0 Å². The zero-order valence-corrected chi connectivity index (χ0v) is 15.0. The molecule has 1 aliphatic heterocycles. The van der Waals surface area contributed by atoms with Crippen molar-refractivity contribution in [1.29, 1.82) is 0 Å². The van der Waals surface area contributed by atoms with Crippen LogP contribution in [0.3, 0.4) is 0 Å². The van der Waals surface area contributed by atoms with Gasteiger partial charge < -0.3 is 5.32 Å². The molecule has 1 heterocycles. The largest absolute Gasteiger partial charge is 0.319 e. The maximum absolute atomic E-state index is 12.8. The third-order valence-electron chi connectivity index (χ3n) is 4.69. The Bertz CT molecular complexity index is 374. The van der Waals surface area contributed by atoms with E-state index in [1.54, 1.807) is 8.61 Å². The van der Waals surface area contributed by atoms with Gasteiger partial charge >= 0.3 is 0 Å². The molecule has 21 heavy (non-hydrogen) atoms. The van der Waals surface area contributed by atoms with E-state index in [2.05, 4.69) is 19.2 Å². The Morgan fingerprint density at radius 2 is 1.76 bits per heavy atom. The molecule has 5 nitrogen and oxygen atoms in total. The highest BCUT2D eigenvalue weighted by molar-refractivity contribution is 7.86. The van der Waals surface area contributed by atoms with Gasteiger partial charge in [0.05, 0.1) is 0 Å². The van der Waals surface area contributed by atoms with Crippen molar-refractivity contribution in [3.05, 3.63) is 0 Å². The van der Waals surface area contributed by atoms with Crippen molar-refractivity contribution >= 4 is 10.2 Å². The van der Waals surface area contributed by atoms with E-state index in [4.69, 9.17) is 0 Å². The van der Waals surface area contributed by atoms with E-state index in [9.17, 15) is 8.42 Å². The van der Waals surface area contributed by atoms with E-state index in [1.807, 2.05) is 14.0 Å². The molecule has 0 aromatic heterocycles. The molecule has 0 radical (unpaired) electrons. The Morgan fingerprint density at radius 1 is 1.19 bits per heavy atom. The number of hydrogen-bond donors (Lipinski definition) is 1. The van der Waals surface area contributed by atoms with Crippen LogP contribution in [0.1, 0.15) is 46.5 Å². The molecule has 1 N–H and O–H groups in total. The van der Waals surface area contributed by atoms with Gasteiger partial charge in [-0.2, -0.15) is 17.0 Å². The predicted octanol–water partition coefficient (Wildman–Crippen LogP) is 1.92. The molecule has 0 amide bonds. The summed E-state index contributed by atoms with van der Waals surface area (Å²) in [6, 6.07) is 0. The molecule has 1 fully saturated rings. The fourth-order valence-electron chi connectivity index (χ4n) is 3.02. The molecule has 0 aliphatic carbocycles. The van der Waals surface area contributed by atoms with E-state index in [0.29, 0.717) is 38.0 Å². The average molecular weight is 320 g/mol. The summed E-state index contributed by atoms with van der Waals surface area (Å²) in [7, 11) is -1.33. The Balaban J connectivity index is 2.66. The number of hydrogen-bond acceptors (Lipinski definition) is 3. The summed E-state index contributed by atoms with van der Waals surface area (Å²) in [4.78, 5) is 0. The molecular weight excluding hydrogens is 286 g/mol. The second kappa shape index (κ2) is 9.08. The van der Waals surface area contributed by atoms with Crippen LogP contribution in [-0.2, 0) is 10.2 Å². The van der Waals surface area contributed by atoms with Crippen LogP contribution in [0.5, 0.6) is 0 Å². The molecule has 1 saturated heterocycles. The third-order valence-corrected chi connectivity index (χ3v) is 6.77. The molecule has 0 spiro atoms. The second-order valence-electron chi connectivity index (χ2n) is 6.04. The summed E-state index contributed by atoms with van der Waals surface area (Å²) in [5.41, 5.74) is 0. The van der Waals surface area contributed by atoms with Crippen molar-refractivity contribution in [2.24, 2.45) is 11.8 Å². The van der Waals surface area contributed by atoms with Crippen LogP contribution in [0, 0.1) is 11.8 Å². The van der Waals surface area contributed by atoms with Crippen LogP contribution >= 0.6 is 0 Å². The second-order valence-corrected chi connectivity index (χ2v) is 7.97. The van der Waals surface area contributed by atoms with Crippen LogP contribution in [0.4, 0.5) is 0 Å². The Labute approximate surface area is 131 Å². The van der Waals surface area contributed by atoms with Crippen molar-refractivity contribution in [3.8, 4) is 0 Å². The molecule has 1 aliphatic rings. The maximum atomic E-state index is 12.8. The zero-order chi connectivity index (χ0) is 15.9. The van der Waals surface area contributed by atoms with Gasteiger partial charge in [-0.3, -0.25) is 0 Å². The number of piperidine rings is 1. The summed E-state index contributed by atoms with van der Waals surface area (Å²) in [6.45, 7) is 9.74. The summed E-state index contributed by atoms with van der Waals surface area (Å²) in [6.07, 6.45) is 3.99. The Morgan fingerprint density at radius 3 is 2.19 bits per heavy atom. The zero-order valence-electron chi connectivity index (χ0n) is 14.1. The molecule has 0 aromatic rings. The minimum Gasteiger partial charge on any atom is -0.319 e. The number of nitrogens with one attached hydrogen (secondary N) is 1. The summed E-state index contributed by atoms with van der Waals surface area (Å²) < 4.78 is 28.9. The first kappa shape index (κ1) is 18.9. The fraction of sp³-hybridized carbons (Fsp3) is 1.00. The normalized spacial score (nSPS) is 18.8. The van der Waals surface area contributed by atoms with Crippen LogP contribution in [0.25, 0.3) is 0 Å². The van der Waals surface area contributed by atoms with Gasteiger partial charge in [-0.1, -0.05) is 33.6 Å². The highest BCUT2D eigenvalue weighted by Gasteiger charge is 2.32. The highest BCUT2D eigenvalue weighted by atomic mass is 32.2.